The van der Waals surface area contributed by atoms with Gasteiger partial charge in [-0.05, 0) is 105 Å². The lowest BCUT2D eigenvalue weighted by Crippen LogP contribution is -2.13. The van der Waals surface area contributed by atoms with Gasteiger partial charge in [0.15, 0.2) is 0 Å². The van der Waals surface area contributed by atoms with Gasteiger partial charge in [0.05, 0.1) is 18.8 Å². The van der Waals surface area contributed by atoms with Crippen LogP contribution in [0.1, 0.15) is 93.0 Å². The van der Waals surface area contributed by atoms with Crippen LogP contribution in [0.5, 0.6) is 11.5 Å². The zero-order chi connectivity index (χ0) is 25.6. The summed E-state index contributed by atoms with van der Waals surface area (Å²) in [6.07, 6.45) is 12.7. The standard InChI is InChI=1S/C31H40O5/c1-3-9-24-10-12-25(13-11-24)26-14-20-29(21-15-26)36-31(33)27-16-18-28(19-17-27)34-22-7-5-6-8-23-35-30(32)4-2/h4,14-21,24-25H,2-3,5-13,22-23H2,1H3. The maximum Gasteiger partial charge on any atom is 0.343 e. The van der Waals surface area contributed by atoms with Crippen LogP contribution in [0.15, 0.2) is 61.2 Å². The summed E-state index contributed by atoms with van der Waals surface area (Å²) in [6.45, 7) is 6.67. The third kappa shape index (κ3) is 9.18. The first-order valence-corrected chi connectivity index (χ1v) is 13.4. The van der Waals surface area contributed by atoms with Crippen LogP contribution in [0.2, 0.25) is 0 Å². The fourth-order valence-corrected chi connectivity index (χ4v) is 4.83. The highest BCUT2D eigenvalue weighted by Gasteiger charge is 2.22. The zero-order valence-electron chi connectivity index (χ0n) is 21.6. The molecule has 1 aliphatic carbocycles. The van der Waals surface area contributed by atoms with Crippen molar-refractivity contribution in [1.29, 1.82) is 0 Å². The van der Waals surface area contributed by atoms with Gasteiger partial charge in [0.2, 0.25) is 0 Å². The van der Waals surface area contributed by atoms with E-state index in [1.54, 1.807) is 24.3 Å². The maximum absolute atomic E-state index is 12.6. The van der Waals surface area contributed by atoms with Gasteiger partial charge in [0, 0.05) is 6.08 Å². The van der Waals surface area contributed by atoms with Crippen molar-refractivity contribution in [3.63, 3.8) is 0 Å². The number of unbranched alkanes of at least 4 members (excludes halogenated alkanes) is 3. The molecule has 1 fully saturated rings. The molecule has 5 nitrogen and oxygen atoms in total. The van der Waals surface area contributed by atoms with Crippen molar-refractivity contribution in [2.45, 2.75) is 77.0 Å². The van der Waals surface area contributed by atoms with Gasteiger partial charge in [-0.3, -0.25) is 0 Å². The Morgan fingerprint density at radius 1 is 0.861 bits per heavy atom. The van der Waals surface area contributed by atoms with Gasteiger partial charge in [-0.15, -0.1) is 0 Å². The average Bonchev–Trinajstić information content (AvgIpc) is 2.91. The first kappa shape index (κ1) is 27.5. The molecule has 0 aliphatic heterocycles. The van der Waals surface area contributed by atoms with Crippen molar-refractivity contribution in [3.8, 4) is 11.5 Å². The Balaban J connectivity index is 1.35. The molecule has 3 rings (SSSR count). The molecule has 0 bridgehead atoms. The van der Waals surface area contributed by atoms with E-state index < -0.39 is 0 Å². The molecule has 0 atom stereocenters. The van der Waals surface area contributed by atoms with Gasteiger partial charge >= 0.3 is 11.9 Å². The van der Waals surface area contributed by atoms with Crippen molar-refractivity contribution < 1.29 is 23.8 Å². The Kier molecular flexibility index (Phi) is 11.6. The van der Waals surface area contributed by atoms with Gasteiger partial charge in [-0.25, -0.2) is 9.59 Å². The molecule has 194 valence electrons. The number of benzene rings is 2. The Morgan fingerprint density at radius 3 is 2.14 bits per heavy atom. The largest absolute Gasteiger partial charge is 0.494 e. The third-order valence-corrected chi connectivity index (χ3v) is 6.91. The topological polar surface area (TPSA) is 61.8 Å². The van der Waals surface area contributed by atoms with E-state index in [0.29, 0.717) is 30.4 Å². The Bertz CT molecular complexity index is 940. The van der Waals surface area contributed by atoms with Crippen LogP contribution < -0.4 is 9.47 Å². The van der Waals surface area contributed by atoms with Crippen LogP contribution in [0, 0.1) is 5.92 Å². The van der Waals surface area contributed by atoms with E-state index in [0.717, 1.165) is 37.4 Å². The third-order valence-electron chi connectivity index (χ3n) is 6.91. The van der Waals surface area contributed by atoms with Gasteiger partial charge < -0.3 is 14.2 Å². The lowest BCUT2D eigenvalue weighted by molar-refractivity contribution is -0.137. The lowest BCUT2D eigenvalue weighted by atomic mass is 9.77. The molecule has 2 aromatic carbocycles. The summed E-state index contributed by atoms with van der Waals surface area (Å²) >= 11 is 0. The van der Waals surface area contributed by atoms with Crippen LogP contribution in [0.25, 0.3) is 0 Å². The highest BCUT2D eigenvalue weighted by molar-refractivity contribution is 5.91. The molecule has 36 heavy (non-hydrogen) atoms. The zero-order valence-corrected chi connectivity index (χ0v) is 21.6. The summed E-state index contributed by atoms with van der Waals surface area (Å²) in [5.74, 6) is 2.07. The summed E-state index contributed by atoms with van der Waals surface area (Å²) in [4.78, 5) is 23.5. The first-order chi connectivity index (χ1) is 17.6. The molecule has 1 saturated carbocycles. The number of ether oxygens (including phenoxy) is 3. The fourth-order valence-electron chi connectivity index (χ4n) is 4.83. The highest BCUT2D eigenvalue weighted by atomic mass is 16.5. The van der Waals surface area contributed by atoms with Crippen LogP contribution in [0.4, 0.5) is 0 Å². The van der Waals surface area contributed by atoms with Crippen molar-refractivity contribution in [3.05, 3.63) is 72.3 Å². The monoisotopic (exact) mass is 492 g/mol. The molecule has 1 aliphatic rings. The molecule has 0 saturated heterocycles. The van der Waals surface area contributed by atoms with E-state index >= 15 is 0 Å². The summed E-state index contributed by atoms with van der Waals surface area (Å²) in [7, 11) is 0. The first-order valence-electron chi connectivity index (χ1n) is 13.4. The molecule has 0 aromatic heterocycles. The maximum atomic E-state index is 12.6. The molecule has 0 N–H and O–H groups in total. The van der Waals surface area contributed by atoms with Crippen molar-refractivity contribution in [1.82, 2.24) is 0 Å². The van der Waals surface area contributed by atoms with Crippen LogP contribution in [-0.4, -0.2) is 25.2 Å². The molecule has 0 spiro atoms. The van der Waals surface area contributed by atoms with Gasteiger partial charge in [0.1, 0.15) is 11.5 Å². The van der Waals surface area contributed by atoms with E-state index in [-0.39, 0.29) is 11.9 Å². The minimum Gasteiger partial charge on any atom is -0.494 e. The second kappa shape index (κ2) is 15.1. The van der Waals surface area contributed by atoms with Crippen molar-refractivity contribution in [2.24, 2.45) is 5.92 Å². The smallest absolute Gasteiger partial charge is 0.343 e. The normalized spacial score (nSPS) is 17.2. The van der Waals surface area contributed by atoms with Crippen LogP contribution >= 0.6 is 0 Å². The summed E-state index contributed by atoms with van der Waals surface area (Å²) in [5, 5.41) is 0. The van der Waals surface area contributed by atoms with E-state index in [1.807, 2.05) is 12.1 Å². The van der Waals surface area contributed by atoms with Crippen molar-refractivity contribution >= 4 is 11.9 Å². The summed E-state index contributed by atoms with van der Waals surface area (Å²) in [6, 6.07) is 15.1. The second-order valence-electron chi connectivity index (χ2n) is 9.62. The number of rotatable bonds is 14. The van der Waals surface area contributed by atoms with E-state index in [1.165, 1.54) is 50.2 Å². The molecule has 0 heterocycles. The quantitative estimate of drug-likeness (QED) is 0.117. The highest BCUT2D eigenvalue weighted by Crippen LogP contribution is 2.37. The fraction of sp³-hybridized carbons (Fsp3) is 0.484. The SMILES string of the molecule is C=CC(=O)OCCCCCCOc1ccc(C(=O)Oc2ccc(C3CCC(CCC)CC3)cc2)cc1. The molecular formula is C31H40O5. The van der Waals surface area contributed by atoms with Crippen molar-refractivity contribution in [2.75, 3.05) is 13.2 Å². The molecular weight excluding hydrogens is 452 g/mol. The minimum atomic E-state index is -0.376. The summed E-state index contributed by atoms with van der Waals surface area (Å²) in [5.41, 5.74) is 1.84. The number of esters is 2. The minimum absolute atomic E-state index is 0.369. The number of carbonyl (C=O) groups excluding carboxylic acids is 2. The molecule has 2 aromatic rings. The van der Waals surface area contributed by atoms with E-state index in [4.69, 9.17) is 14.2 Å². The Labute approximate surface area is 215 Å². The lowest BCUT2D eigenvalue weighted by Gasteiger charge is -2.28. The van der Waals surface area contributed by atoms with E-state index in [9.17, 15) is 9.59 Å². The van der Waals surface area contributed by atoms with Gasteiger partial charge in [-0.1, -0.05) is 38.5 Å². The van der Waals surface area contributed by atoms with Gasteiger partial charge in [0.25, 0.3) is 0 Å². The average molecular weight is 493 g/mol. The van der Waals surface area contributed by atoms with Gasteiger partial charge in [-0.2, -0.15) is 0 Å². The molecule has 0 radical (unpaired) electrons. The Hall–Kier alpha value is -3.08. The van der Waals surface area contributed by atoms with Crippen LogP contribution in [-0.2, 0) is 9.53 Å². The molecule has 0 unspecified atom stereocenters. The Morgan fingerprint density at radius 2 is 1.50 bits per heavy atom. The number of hydrogen-bond donors (Lipinski definition) is 0. The summed E-state index contributed by atoms with van der Waals surface area (Å²) < 4.78 is 16.3. The van der Waals surface area contributed by atoms with Crippen LogP contribution in [0.3, 0.4) is 0 Å². The van der Waals surface area contributed by atoms with E-state index in [2.05, 4.69) is 25.6 Å². The molecule has 0 amide bonds. The predicted octanol–water partition coefficient (Wildman–Crippen LogP) is 7.65. The second-order valence-corrected chi connectivity index (χ2v) is 9.62. The predicted molar refractivity (Wildman–Crippen MR) is 143 cm³/mol. The number of hydrogen-bond acceptors (Lipinski definition) is 5. The number of carbonyl (C=O) groups is 2. The molecule has 5 heteroatoms.